The van der Waals surface area contributed by atoms with Crippen LogP contribution in [0.25, 0.3) is 11.1 Å². The Hall–Kier alpha value is -1.53. The fraction of sp³-hybridized carbons (Fsp3) is 0.308. The number of aryl methyl sites for hydroxylation is 1. The number of nitrogens with two attached hydrogens (primary N) is 1. The fourth-order valence-corrected chi connectivity index (χ4v) is 1.86. The van der Waals surface area contributed by atoms with Crippen molar-refractivity contribution < 1.29 is 13.2 Å². The Balaban J connectivity index is 0.00000200. The summed E-state index contributed by atoms with van der Waals surface area (Å²) < 4.78 is 40.3. The molecule has 110 valence electrons. The van der Waals surface area contributed by atoms with Gasteiger partial charge in [-0.25, -0.2) is 0 Å². The van der Waals surface area contributed by atoms with Crippen molar-refractivity contribution in [3.8, 4) is 11.1 Å². The summed E-state index contributed by atoms with van der Waals surface area (Å²) in [5.41, 5.74) is 5.35. The van der Waals surface area contributed by atoms with Gasteiger partial charge < -0.3 is 5.73 Å². The van der Waals surface area contributed by atoms with Crippen molar-refractivity contribution in [1.29, 1.82) is 0 Å². The molecule has 0 aliphatic rings. The van der Waals surface area contributed by atoms with Gasteiger partial charge in [0.2, 0.25) is 0 Å². The molecule has 1 aromatic heterocycles. The number of alkyl halides is 3. The molecule has 0 unspecified atom stereocenters. The molecule has 0 bridgehead atoms. The normalized spacial score (nSPS) is 11.2. The number of aromatic nitrogens is 2. The summed E-state index contributed by atoms with van der Waals surface area (Å²) in [5.74, 6) is 0. The van der Waals surface area contributed by atoms with E-state index in [-0.39, 0.29) is 18.0 Å². The molecule has 0 saturated carbocycles. The molecule has 0 spiro atoms. The highest BCUT2D eigenvalue weighted by atomic mass is 35.5. The van der Waals surface area contributed by atoms with Gasteiger partial charge in [0.05, 0.1) is 11.8 Å². The highest BCUT2D eigenvalue weighted by Gasteiger charge is 2.33. The first-order valence-electron chi connectivity index (χ1n) is 5.91. The Morgan fingerprint density at radius 1 is 1.20 bits per heavy atom. The van der Waals surface area contributed by atoms with Crippen LogP contribution in [0.4, 0.5) is 13.2 Å². The summed E-state index contributed by atoms with van der Waals surface area (Å²) in [4.78, 5) is 0. The minimum atomic E-state index is -4.37. The third-order valence-electron chi connectivity index (χ3n) is 2.77. The zero-order valence-electron chi connectivity index (χ0n) is 10.6. The summed E-state index contributed by atoms with van der Waals surface area (Å²) in [7, 11) is 0. The number of benzene rings is 1. The van der Waals surface area contributed by atoms with Crippen molar-refractivity contribution in [3.05, 3.63) is 42.2 Å². The van der Waals surface area contributed by atoms with Crippen LogP contribution in [-0.2, 0) is 12.7 Å². The van der Waals surface area contributed by atoms with Crippen LogP contribution >= 0.6 is 12.4 Å². The van der Waals surface area contributed by atoms with E-state index in [2.05, 4.69) is 5.10 Å². The molecule has 3 nitrogen and oxygen atoms in total. The third-order valence-corrected chi connectivity index (χ3v) is 2.77. The zero-order valence-corrected chi connectivity index (χ0v) is 11.4. The van der Waals surface area contributed by atoms with E-state index < -0.39 is 11.7 Å². The third kappa shape index (κ3) is 3.74. The van der Waals surface area contributed by atoms with E-state index in [9.17, 15) is 13.2 Å². The SMILES string of the molecule is Cl.NCCCn1cc(-c2ccccc2C(F)(F)F)cn1. The lowest BCUT2D eigenvalue weighted by atomic mass is 10.0. The second kappa shape index (κ2) is 6.76. The van der Waals surface area contributed by atoms with E-state index in [1.807, 2.05) is 0 Å². The highest BCUT2D eigenvalue weighted by molar-refractivity contribution is 5.85. The maximum Gasteiger partial charge on any atom is 0.417 e. The first-order chi connectivity index (χ1) is 9.02. The lowest BCUT2D eigenvalue weighted by molar-refractivity contribution is -0.137. The maximum atomic E-state index is 12.9. The molecule has 20 heavy (non-hydrogen) atoms. The molecular weight excluding hydrogens is 291 g/mol. The minimum Gasteiger partial charge on any atom is -0.330 e. The van der Waals surface area contributed by atoms with E-state index in [0.717, 1.165) is 12.5 Å². The van der Waals surface area contributed by atoms with Crippen molar-refractivity contribution in [2.45, 2.75) is 19.1 Å². The van der Waals surface area contributed by atoms with Crippen molar-refractivity contribution in [3.63, 3.8) is 0 Å². The largest absolute Gasteiger partial charge is 0.417 e. The van der Waals surface area contributed by atoms with Crippen molar-refractivity contribution in [2.75, 3.05) is 6.54 Å². The topological polar surface area (TPSA) is 43.8 Å². The van der Waals surface area contributed by atoms with Crippen molar-refractivity contribution in [1.82, 2.24) is 9.78 Å². The van der Waals surface area contributed by atoms with Crippen LogP contribution in [0.3, 0.4) is 0 Å². The number of halogens is 4. The van der Waals surface area contributed by atoms with E-state index in [0.29, 0.717) is 18.7 Å². The molecule has 7 heteroatoms. The molecule has 1 aromatic carbocycles. The molecular formula is C13H15ClF3N3. The van der Waals surface area contributed by atoms with Crippen LogP contribution in [0.15, 0.2) is 36.7 Å². The van der Waals surface area contributed by atoms with Crippen LogP contribution in [0.2, 0.25) is 0 Å². The molecule has 2 rings (SSSR count). The monoisotopic (exact) mass is 305 g/mol. The second-order valence-corrected chi connectivity index (χ2v) is 4.18. The van der Waals surface area contributed by atoms with Gasteiger partial charge >= 0.3 is 6.18 Å². The van der Waals surface area contributed by atoms with Crippen molar-refractivity contribution in [2.24, 2.45) is 5.73 Å². The Morgan fingerprint density at radius 3 is 2.55 bits per heavy atom. The van der Waals surface area contributed by atoms with Crippen LogP contribution in [0.1, 0.15) is 12.0 Å². The minimum absolute atomic E-state index is 0. The summed E-state index contributed by atoms with van der Waals surface area (Å²) in [6.45, 7) is 1.12. The van der Waals surface area contributed by atoms with Crippen LogP contribution < -0.4 is 5.73 Å². The molecule has 0 aliphatic heterocycles. The molecule has 0 amide bonds. The van der Waals surface area contributed by atoms with E-state index in [4.69, 9.17) is 5.73 Å². The van der Waals surface area contributed by atoms with Gasteiger partial charge in [0.15, 0.2) is 0 Å². The molecule has 1 heterocycles. The van der Waals surface area contributed by atoms with Gasteiger partial charge in [-0.2, -0.15) is 18.3 Å². The predicted octanol–water partition coefficient (Wildman–Crippen LogP) is 3.34. The smallest absolute Gasteiger partial charge is 0.330 e. The maximum absolute atomic E-state index is 12.9. The summed E-state index contributed by atoms with van der Waals surface area (Å²) >= 11 is 0. The number of rotatable bonds is 4. The van der Waals surface area contributed by atoms with E-state index >= 15 is 0 Å². The van der Waals surface area contributed by atoms with Gasteiger partial charge in [0.1, 0.15) is 0 Å². The molecule has 0 atom stereocenters. The molecule has 0 fully saturated rings. The summed E-state index contributed by atoms with van der Waals surface area (Å²) in [5, 5.41) is 4.05. The number of hydrogen-bond donors (Lipinski definition) is 1. The molecule has 0 aliphatic carbocycles. The van der Waals surface area contributed by atoms with E-state index in [1.165, 1.54) is 18.3 Å². The standard InChI is InChI=1S/C13H14F3N3.ClH/c14-13(15,16)12-5-2-1-4-11(12)10-8-18-19(9-10)7-3-6-17;/h1-2,4-5,8-9H,3,6-7,17H2;1H. The molecule has 0 saturated heterocycles. The van der Waals surface area contributed by atoms with Gasteiger partial charge in [0.25, 0.3) is 0 Å². The van der Waals surface area contributed by atoms with Crippen LogP contribution in [0.5, 0.6) is 0 Å². The first-order valence-corrected chi connectivity index (χ1v) is 5.91. The average molecular weight is 306 g/mol. The quantitative estimate of drug-likeness (QED) is 0.941. The fourth-order valence-electron chi connectivity index (χ4n) is 1.86. The summed E-state index contributed by atoms with van der Waals surface area (Å²) in [6, 6.07) is 5.49. The van der Waals surface area contributed by atoms with E-state index in [1.54, 1.807) is 16.9 Å². The van der Waals surface area contributed by atoms with Gasteiger partial charge in [-0.3, -0.25) is 4.68 Å². The first kappa shape index (κ1) is 16.5. The molecule has 0 radical (unpaired) electrons. The lowest BCUT2D eigenvalue weighted by Gasteiger charge is -2.11. The van der Waals surface area contributed by atoms with Gasteiger partial charge in [-0.15, -0.1) is 12.4 Å². The number of nitrogens with zero attached hydrogens (tertiary/aromatic N) is 2. The Kier molecular flexibility index (Phi) is 5.59. The Labute approximate surface area is 121 Å². The van der Waals surface area contributed by atoms with Gasteiger partial charge in [-0.05, 0) is 24.6 Å². The number of hydrogen-bond acceptors (Lipinski definition) is 2. The van der Waals surface area contributed by atoms with Gasteiger partial charge in [0, 0.05) is 18.3 Å². The Bertz CT molecular complexity index is 552. The molecule has 2 N–H and O–H groups in total. The Morgan fingerprint density at radius 2 is 1.90 bits per heavy atom. The van der Waals surface area contributed by atoms with Crippen LogP contribution in [0, 0.1) is 0 Å². The lowest BCUT2D eigenvalue weighted by Crippen LogP contribution is -2.07. The van der Waals surface area contributed by atoms with Gasteiger partial charge in [-0.1, -0.05) is 18.2 Å². The predicted molar refractivity (Wildman–Crippen MR) is 73.6 cm³/mol. The highest BCUT2D eigenvalue weighted by Crippen LogP contribution is 2.36. The van der Waals surface area contributed by atoms with Crippen LogP contribution in [-0.4, -0.2) is 16.3 Å². The molecule has 2 aromatic rings. The van der Waals surface area contributed by atoms with Crippen molar-refractivity contribution >= 4 is 12.4 Å². The average Bonchev–Trinajstić information content (AvgIpc) is 2.84. The summed E-state index contributed by atoms with van der Waals surface area (Å²) in [6.07, 6.45) is -0.570. The second-order valence-electron chi connectivity index (χ2n) is 4.18. The zero-order chi connectivity index (χ0) is 13.9.